The van der Waals surface area contributed by atoms with Crippen molar-refractivity contribution in [3.63, 3.8) is 0 Å². The fourth-order valence-electron chi connectivity index (χ4n) is 2.16. The molecular formula is C16H25N3O3. The average molecular weight is 307 g/mol. The van der Waals surface area contributed by atoms with Crippen molar-refractivity contribution in [3.8, 4) is 0 Å². The van der Waals surface area contributed by atoms with E-state index >= 15 is 0 Å². The van der Waals surface area contributed by atoms with Crippen LogP contribution in [-0.2, 0) is 4.74 Å². The Bertz CT molecular complexity index is 545. The van der Waals surface area contributed by atoms with Crippen LogP contribution in [0.4, 0.5) is 4.79 Å². The number of aromatic nitrogens is 2. The predicted molar refractivity (Wildman–Crippen MR) is 83.4 cm³/mol. The lowest BCUT2D eigenvalue weighted by Crippen LogP contribution is -2.40. The Kier molecular flexibility index (Phi) is 4.88. The molecule has 2 rings (SSSR count). The van der Waals surface area contributed by atoms with E-state index in [1.54, 1.807) is 4.90 Å². The van der Waals surface area contributed by atoms with Gasteiger partial charge in [-0.15, -0.1) is 0 Å². The third kappa shape index (κ3) is 4.58. The smallest absolute Gasteiger partial charge is 0.410 e. The first-order valence-electron chi connectivity index (χ1n) is 7.75. The van der Waals surface area contributed by atoms with E-state index in [-0.39, 0.29) is 12.0 Å². The number of piperidine rings is 1. The van der Waals surface area contributed by atoms with Gasteiger partial charge in [-0.1, -0.05) is 24.6 Å². The van der Waals surface area contributed by atoms with Crippen LogP contribution >= 0.6 is 0 Å². The van der Waals surface area contributed by atoms with Crippen molar-refractivity contribution in [2.75, 3.05) is 13.1 Å². The van der Waals surface area contributed by atoms with Gasteiger partial charge < -0.3 is 14.2 Å². The topological polar surface area (TPSA) is 68.5 Å². The minimum atomic E-state index is -0.454. The summed E-state index contributed by atoms with van der Waals surface area (Å²) in [6, 6.07) is 0. The van der Waals surface area contributed by atoms with E-state index < -0.39 is 5.60 Å². The first kappa shape index (κ1) is 16.5. The Hall–Kier alpha value is -1.85. The van der Waals surface area contributed by atoms with E-state index in [2.05, 4.69) is 10.1 Å². The number of ether oxygens (including phenoxy) is 1. The zero-order valence-electron chi connectivity index (χ0n) is 14.0. The number of nitrogens with zero attached hydrogens (tertiary/aromatic N) is 3. The molecule has 1 aliphatic rings. The van der Waals surface area contributed by atoms with E-state index in [9.17, 15) is 4.79 Å². The van der Waals surface area contributed by atoms with Crippen molar-refractivity contribution in [1.82, 2.24) is 15.0 Å². The van der Waals surface area contributed by atoms with Crippen molar-refractivity contribution < 1.29 is 14.1 Å². The molecule has 0 spiro atoms. The molecule has 122 valence electrons. The fraction of sp³-hybridized carbons (Fsp3) is 0.688. The van der Waals surface area contributed by atoms with E-state index in [0.29, 0.717) is 19.0 Å². The highest BCUT2D eigenvalue weighted by molar-refractivity contribution is 5.68. The molecule has 2 heterocycles. The fourth-order valence-corrected chi connectivity index (χ4v) is 2.16. The predicted octanol–water partition coefficient (Wildman–Crippen LogP) is 3.61. The quantitative estimate of drug-likeness (QED) is 0.835. The molecule has 1 saturated heterocycles. The lowest BCUT2D eigenvalue weighted by Gasteiger charge is -2.30. The molecule has 1 aromatic heterocycles. The SMILES string of the molecule is CC(C)c1noc(C=C2CCN(C(=O)OC(C)(C)C)CC2)n1. The molecule has 0 unspecified atom stereocenters. The third-order valence-corrected chi connectivity index (χ3v) is 3.36. The van der Waals surface area contributed by atoms with Gasteiger partial charge in [0.05, 0.1) is 0 Å². The molecule has 0 saturated carbocycles. The molecule has 22 heavy (non-hydrogen) atoms. The standard InChI is InChI=1S/C16H25N3O3/c1-11(2)14-17-13(22-18-14)10-12-6-8-19(9-7-12)15(20)21-16(3,4)5/h10-11H,6-9H2,1-5H3. The summed E-state index contributed by atoms with van der Waals surface area (Å²) in [5.41, 5.74) is 0.767. The highest BCUT2D eigenvalue weighted by Crippen LogP contribution is 2.21. The molecule has 1 aromatic rings. The second-order valence-electron chi connectivity index (χ2n) is 6.92. The number of carbonyl (C=O) groups excluding carboxylic acids is 1. The van der Waals surface area contributed by atoms with Crippen LogP contribution in [0.15, 0.2) is 10.1 Å². The summed E-state index contributed by atoms with van der Waals surface area (Å²) < 4.78 is 10.6. The maximum absolute atomic E-state index is 12.0. The zero-order valence-corrected chi connectivity index (χ0v) is 14.0. The summed E-state index contributed by atoms with van der Waals surface area (Å²) in [4.78, 5) is 18.1. The summed E-state index contributed by atoms with van der Waals surface area (Å²) in [7, 11) is 0. The van der Waals surface area contributed by atoms with Crippen molar-refractivity contribution in [2.45, 2.75) is 59.0 Å². The second-order valence-corrected chi connectivity index (χ2v) is 6.92. The lowest BCUT2D eigenvalue weighted by molar-refractivity contribution is 0.0237. The minimum Gasteiger partial charge on any atom is -0.444 e. The third-order valence-electron chi connectivity index (χ3n) is 3.36. The number of hydrogen-bond donors (Lipinski definition) is 0. The molecule has 0 bridgehead atoms. The highest BCUT2D eigenvalue weighted by atomic mass is 16.6. The molecule has 6 heteroatoms. The van der Waals surface area contributed by atoms with Crippen LogP contribution in [0.5, 0.6) is 0 Å². The van der Waals surface area contributed by atoms with Crippen LogP contribution in [0.3, 0.4) is 0 Å². The maximum Gasteiger partial charge on any atom is 0.410 e. The van der Waals surface area contributed by atoms with Gasteiger partial charge in [-0.25, -0.2) is 4.79 Å². The molecule has 0 aromatic carbocycles. The first-order valence-corrected chi connectivity index (χ1v) is 7.75. The van der Waals surface area contributed by atoms with Gasteiger partial charge in [0, 0.05) is 25.1 Å². The van der Waals surface area contributed by atoms with Crippen LogP contribution in [0.25, 0.3) is 6.08 Å². The number of hydrogen-bond acceptors (Lipinski definition) is 5. The molecule has 0 radical (unpaired) electrons. The normalized spacial score (nSPS) is 16.1. The van der Waals surface area contributed by atoms with Crippen LogP contribution < -0.4 is 0 Å². The Labute approximate surface area is 131 Å². The summed E-state index contributed by atoms with van der Waals surface area (Å²) in [5, 5.41) is 3.95. The number of rotatable bonds is 2. The molecule has 6 nitrogen and oxygen atoms in total. The van der Waals surface area contributed by atoms with Gasteiger partial charge in [0.1, 0.15) is 5.60 Å². The summed E-state index contributed by atoms with van der Waals surface area (Å²) in [6.07, 6.45) is 3.30. The van der Waals surface area contributed by atoms with Gasteiger partial charge in [-0.05, 0) is 33.6 Å². The van der Waals surface area contributed by atoms with Crippen molar-refractivity contribution in [2.24, 2.45) is 0 Å². The van der Waals surface area contributed by atoms with Crippen molar-refractivity contribution in [1.29, 1.82) is 0 Å². The van der Waals surface area contributed by atoms with Crippen LogP contribution in [-0.4, -0.2) is 39.8 Å². The van der Waals surface area contributed by atoms with Crippen LogP contribution in [0.2, 0.25) is 0 Å². The van der Waals surface area contributed by atoms with E-state index in [0.717, 1.165) is 18.7 Å². The Morgan fingerprint density at radius 1 is 1.32 bits per heavy atom. The van der Waals surface area contributed by atoms with E-state index in [1.807, 2.05) is 40.7 Å². The van der Waals surface area contributed by atoms with Gasteiger partial charge in [-0.3, -0.25) is 0 Å². The molecular weight excluding hydrogens is 282 g/mol. The molecule has 1 fully saturated rings. The van der Waals surface area contributed by atoms with Gasteiger partial charge in [0.25, 0.3) is 5.89 Å². The van der Waals surface area contributed by atoms with Gasteiger partial charge >= 0.3 is 6.09 Å². The number of amides is 1. The molecule has 1 amide bonds. The zero-order chi connectivity index (χ0) is 16.3. The highest BCUT2D eigenvalue weighted by Gasteiger charge is 2.24. The van der Waals surface area contributed by atoms with E-state index in [4.69, 9.17) is 9.26 Å². The first-order chi connectivity index (χ1) is 10.2. The molecule has 1 aliphatic heterocycles. The second kappa shape index (κ2) is 6.50. The molecule has 0 aliphatic carbocycles. The minimum absolute atomic E-state index is 0.244. The molecule has 0 atom stereocenters. The molecule has 0 N–H and O–H groups in total. The Morgan fingerprint density at radius 3 is 2.45 bits per heavy atom. The van der Waals surface area contributed by atoms with Gasteiger partial charge in [-0.2, -0.15) is 4.98 Å². The van der Waals surface area contributed by atoms with Gasteiger partial charge in [0.15, 0.2) is 5.82 Å². The Morgan fingerprint density at radius 2 is 1.95 bits per heavy atom. The summed E-state index contributed by atoms with van der Waals surface area (Å²) >= 11 is 0. The van der Waals surface area contributed by atoms with Crippen LogP contribution in [0, 0.1) is 0 Å². The average Bonchev–Trinajstić information content (AvgIpc) is 2.86. The largest absolute Gasteiger partial charge is 0.444 e. The van der Waals surface area contributed by atoms with Crippen LogP contribution in [0.1, 0.15) is 65.1 Å². The summed E-state index contributed by atoms with van der Waals surface area (Å²) in [6.45, 7) is 11.0. The number of likely N-dealkylation sites (tertiary alicyclic amines) is 1. The number of carbonyl (C=O) groups is 1. The van der Waals surface area contributed by atoms with Crippen molar-refractivity contribution in [3.05, 3.63) is 17.3 Å². The maximum atomic E-state index is 12.0. The van der Waals surface area contributed by atoms with E-state index in [1.165, 1.54) is 5.57 Å². The van der Waals surface area contributed by atoms with Gasteiger partial charge in [0.2, 0.25) is 0 Å². The van der Waals surface area contributed by atoms with Crippen molar-refractivity contribution >= 4 is 12.2 Å². The lowest BCUT2D eigenvalue weighted by atomic mass is 10.0. The Balaban J connectivity index is 1.91. The summed E-state index contributed by atoms with van der Waals surface area (Å²) in [5.74, 6) is 1.52. The monoisotopic (exact) mass is 307 g/mol.